The molecule has 5 aromatic rings. The lowest BCUT2D eigenvalue weighted by molar-refractivity contribution is -0.118. The lowest BCUT2D eigenvalue weighted by Crippen LogP contribution is -2.20. The van der Waals surface area contributed by atoms with Crippen molar-refractivity contribution in [1.29, 1.82) is 0 Å². The number of amides is 2. The molecule has 0 aliphatic heterocycles. The largest absolute Gasteiger partial charge is 0.484 e. The molecule has 0 aliphatic rings. The van der Waals surface area contributed by atoms with Gasteiger partial charge in [-0.25, -0.2) is 10.4 Å². The number of hydrogen-bond acceptors (Lipinski definition) is 7. The van der Waals surface area contributed by atoms with E-state index in [9.17, 15) is 9.59 Å². The highest BCUT2D eigenvalue weighted by molar-refractivity contribution is 7.14. The van der Waals surface area contributed by atoms with Gasteiger partial charge in [0, 0.05) is 32.9 Å². The van der Waals surface area contributed by atoms with E-state index in [0.717, 1.165) is 44.5 Å². The van der Waals surface area contributed by atoms with Crippen LogP contribution in [0, 0.1) is 13.8 Å². The summed E-state index contributed by atoms with van der Waals surface area (Å²) in [5.41, 5.74) is 9.37. The second-order valence-electron chi connectivity index (χ2n) is 9.65. The number of hydrogen-bond donors (Lipinski definition) is 3. The van der Waals surface area contributed by atoms with Gasteiger partial charge in [0.2, 0.25) is 0 Å². The Morgan fingerprint density at radius 1 is 0.907 bits per heavy atom. The highest BCUT2D eigenvalue weighted by Crippen LogP contribution is 2.28. The van der Waals surface area contributed by atoms with E-state index in [0.29, 0.717) is 16.3 Å². The molecule has 5 rings (SSSR count). The molecule has 1 heterocycles. The van der Waals surface area contributed by atoms with Crippen molar-refractivity contribution in [3.8, 4) is 17.0 Å². The van der Waals surface area contributed by atoms with Crippen LogP contribution in [0.5, 0.6) is 5.75 Å². The van der Waals surface area contributed by atoms with Crippen LogP contribution in [-0.4, -0.2) is 29.6 Å². The summed E-state index contributed by atoms with van der Waals surface area (Å²) in [6.45, 7) is 3.91. The number of halogens is 1. The smallest absolute Gasteiger partial charge is 0.271 e. The van der Waals surface area contributed by atoms with Crippen molar-refractivity contribution >= 4 is 57.5 Å². The summed E-state index contributed by atoms with van der Waals surface area (Å²) in [5.74, 6) is -0.0300. The number of aryl methyl sites for hydroxylation is 2. The Bertz CT molecular complexity index is 1750. The van der Waals surface area contributed by atoms with E-state index in [1.54, 1.807) is 36.4 Å². The summed E-state index contributed by atoms with van der Waals surface area (Å²) in [7, 11) is 0. The number of aromatic nitrogens is 1. The predicted octanol–water partition coefficient (Wildman–Crippen LogP) is 7.61. The molecule has 0 spiro atoms. The van der Waals surface area contributed by atoms with Crippen LogP contribution >= 0.6 is 22.9 Å². The van der Waals surface area contributed by atoms with E-state index in [1.807, 2.05) is 73.8 Å². The first kappa shape index (κ1) is 29.5. The van der Waals surface area contributed by atoms with E-state index in [1.165, 1.54) is 17.6 Å². The molecule has 0 saturated heterocycles. The van der Waals surface area contributed by atoms with Crippen LogP contribution in [0.1, 0.15) is 27.0 Å². The zero-order valence-corrected chi connectivity index (χ0v) is 25.0. The summed E-state index contributed by atoms with van der Waals surface area (Å²) >= 11 is 7.43. The van der Waals surface area contributed by atoms with Gasteiger partial charge in [-0.2, -0.15) is 5.10 Å². The number of benzene rings is 4. The molecule has 3 N–H and O–H groups in total. The summed E-state index contributed by atoms with van der Waals surface area (Å²) in [5, 5.41) is 13.5. The normalized spacial score (nSPS) is 10.9. The van der Waals surface area contributed by atoms with Gasteiger partial charge in [0.15, 0.2) is 11.7 Å². The number of ether oxygens (including phenoxy) is 1. The maximum Gasteiger partial charge on any atom is 0.271 e. The van der Waals surface area contributed by atoms with Crippen molar-refractivity contribution in [3.63, 3.8) is 0 Å². The van der Waals surface area contributed by atoms with Crippen molar-refractivity contribution in [2.45, 2.75) is 13.8 Å². The number of hydrazone groups is 1. The maximum absolute atomic E-state index is 12.6. The Kier molecular flexibility index (Phi) is 9.46. The maximum atomic E-state index is 12.6. The summed E-state index contributed by atoms with van der Waals surface area (Å²) < 4.78 is 5.58. The lowest BCUT2D eigenvalue weighted by atomic mass is 10.1. The van der Waals surface area contributed by atoms with Gasteiger partial charge in [0.25, 0.3) is 11.8 Å². The van der Waals surface area contributed by atoms with E-state index in [2.05, 4.69) is 26.1 Å². The minimum atomic E-state index is -0.332. The van der Waals surface area contributed by atoms with Gasteiger partial charge in [0.05, 0.1) is 11.9 Å². The number of nitrogens with one attached hydrogen (secondary N) is 3. The van der Waals surface area contributed by atoms with Crippen molar-refractivity contribution in [2.75, 3.05) is 17.2 Å². The highest BCUT2D eigenvalue weighted by Gasteiger charge is 2.09. The van der Waals surface area contributed by atoms with Crippen molar-refractivity contribution < 1.29 is 14.3 Å². The number of carbonyl (C=O) groups is 2. The number of nitrogens with zero attached hydrogens (tertiary/aromatic N) is 2. The van der Waals surface area contributed by atoms with Crippen LogP contribution in [0.15, 0.2) is 101 Å². The van der Waals surface area contributed by atoms with Gasteiger partial charge in [-0.15, -0.1) is 11.3 Å². The molecular weight excluding hydrogens is 582 g/mol. The van der Waals surface area contributed by atoms with Crippen molar-refractivity contribution in [3.05, 3.63) is 124 Å². The zero-order chi connectivity index (χ0) is 30.2. The third kappa shape index (κ3) is 8.28. The molecule has 0 unspecified atom stereocenters. The SMILES string of the molecule is Cc1ccc(NC(=O)COc2ccc(/C=N/NC(=O)c3ccc(-c4csc(Nc5ccc(Cl)cc5)n4)cc3)cc2)cc1C. The molecule has 8 nitrogen and oxygen atoms in total. The molecule has 1 aromatic heterocycles. The molecule has 43 heavy (non-hydrogen) atoms. The predicted molar refractivity (Wildman–Crippen MR) is 174 cm³/mol. The Morgan fingerprint density at radius 2 is 1.63 bits per heavy atom. The number of thiazole rings is 1. The van der Waals surface area contributed by atoms with Crippen LogP contribution in [-0.2, 0) is 4.79 Å². The standard InChI is InChI=1S/C33H28ClN5O3S/c1-21-3-12-28(17-22(21)2)36-31(40)19-42-29-15-4-23(5-16-29)18-35-39-32(41)25-8-6-24(7-9-25)30-20-43-33(38-30)37-27-13-10-26(34)11-14-27/h3-18,20H,19H2,1-2H3,(H,36,40)(H,37,38)(H,39,41)/b35-18+. The van der Waals surface area contributed by atoms with Gasteiger partial charge >= 0.3 is 0 Å². The first-order valence-electron chi connectivity index (χ1n) is 13.3. The third-order valence-corrected chi connectivity index (χ3v) is 7.47. The Balaban J connectivity index is 1.08. The minimum Gasteiger partial charge on any atom is -0.484 e. The van der Waals surface area contributed by atoms with Gasteiger partial charge in [-0.05, 0) is 103 Å². The third-order valence-electron chi connectivity index (χ3n) is 6.46. The number of carbonyl (C=O) groups excluding carboxylic acids is 2. The molecule has 216 valence electrons. The van der Waals surface area contributed by atoms with Gasteiger partial charge in [-0.1, -0.05) is 29.8 Å². The molecule has 0 aliphatic carbocycles. The highest BCUT2D eigenvalue weighted by atomic mass is 35.5. The molecule has 0 radical (unpaired) electrons. The van der Waals surface area contributed by atoms with Gasteiger partial charge in [-0.3, -0.25) is 9.59 Å². The molecule has 0 fully saturated rings. The van der Waals surface area contributed by atoms with Crippen LogP contribution in [0.25, 0.3) is 11.3 Å². The molecule has 10 heteroatoms. The lowest BCUT2D eigenvalue weighted by Gasteiger charge is -2.09. The average molecular weight is 610 g/mol. The average Bonchev–Trinajstić information content (AvgIpc) is 3.48. The second-order valence-corrected chi connectivity index (χ2v) is 10.9. The summed E-state index contributed by atoms with van der Waals surface area (Å²) in [6, 6.07) is 27.4. The van der Waals surface area contributed by atoms with E-state index in [4.69, 9.17) is 16.3 Å². The Labute approximate surface area is 258 Å². The van der Waals surface area contributed by atoms with Crippen LogP contribution in [0.3, 0.4) is 0 Å². The fraction of sp³-hybridized carbons (Fsp3) is 0.0909. The topological polar surface area (TPSA) is 105 Å². The number of rotatable bonds is 10. The minimum absolute atomic E-state index is 0.112. The van der Waals surface area contributed by atoms with Crippen molar-refractivity contribution in [1.82, 2.24) is 10.4 Å². The van der Waals surface area contributed by atoms with Crippen LogP contribution < -0.4 is 20.8 Å². The molecular formula is C33H28ClN5O3S. The Morgan fingerprint density at radius 3 is 2.35 bits per heavy atom. The molecule has 0 saturated carbocycles. The second kappa shape index (κ2) is 13.8. The van der Waals surface area contributed by atoms with Crippen LogP contribution in [0.2, 0.25) is 5.02 Å². The molecule has 2 amide bonds. The van der Waals surface area contributed by atoms with E-state index >= 15 is 0 Å². The van der Waals surface area contributed by atoms with E-state index < -0.39 is 0 Å². The molecule has 4 aromatic carbocycles. The number of anilines is 3. The monoisotopic (exact) mass is 609 g/mol. The van der Waals surface area contributed by atoms with Crippen LogP contribution in [0.4, 0.5) is 16.5 Å². The fourth-order valence-electron chi connectivity index (χ4n) is 3.96. The summed E-state index contributed by atoms with van der Waals surface area (Å²) in [4.78, 5) is 29.4. The van der Waals surface area contributed by atoms with E-state index in [-0.39, 0.29) is 18.4 Å². The first-order valence-corrected chi connectivity index (χ1v) is 14.6. The Hall–Kier alpha value is -4.99. The van der Waals surface area contributed by atoms with Crippen molar-refractivity contribution in [2.24, 2.45) is 5.10 Å². The van der Waals surface area contributed by atoms with Gasteiger partial charge < -0.3 is 15.4 Å². The van der Waals surface area contributed by atoms with Gasteiger partial charge in [0.1, 0.15) is 5.75 Å². The summed E-state index contributed by atoms with van der Waals surface area (Å²) in [6.07, 6.45) is 1.53. The fourth-order valence-corrected chi connectivity index (χ4v) is 4.82. The molecule has 0 bridgehead atoms. The molecule has 0 atom stereocenters. The zero-order valence-electron chi connectivity index (χ0n) is 23.4. The quantitative estimate of drug-likeness (QED) is 0.112. The first-order chi connectivity index (χ1) is 20.8.